The van der Waals surface area contributed by atoms with Gasteiger partial charge in [0.25, 0.3) is 5.91 Å². The summed E-state index contributed by atoms with van der Waals surface area (Å²) >= 11 is 5.21. The number of anilines is 1. The van der Waals surface area contributed by atoms with Crippen molar-refractivity contribution >= 4 is 47.2 Å². The largest absolute Gasteiger partial charge is 0.413 e. The van der Waals surface area contributed by atoms with Crippen molar-refractivity contribution in [2.75, 3.05) is 11.4 Å². The van der Waals surface area contributed by atoms with E-state index in [1.54, 1.807) is 16.2 Å². The number of carbonyl (C=O) groups is 1. The molecule has 0 unspecified atom stereocenters. The van der Waals surface area contributed by atoms with Crippen LogP contribution in [0.4, 0.5) is 10.1 Å². The summed E-state index contributed by atoms with van der Waals surface area (Å²) in [5, 5.41) is 0. The minimum absolute atomic E-state index is 0.0156. The molecule has 1 aromatic carbocycles. The van der Waals surface area contributed by atoms with E-state index in [1.165, 1.54) is 41.0 Å². The van der Waals surface area contributed by atoms with Gasteiger partial charge in [0.05, 0.1) is 17.2 Å². The predicted molar refractivity (Wildman–Crippen MR) is 132 cm³/mol. The summed E-state index contributed by atoms with van der Waals surface area (Å²) in [6.45, 7) is 7.64. The molecular weight excluding hydrogens is 493 g/mol. The van der Waals surface area contributed by atoms with Gasteiger partial charge in [0.2, 0.25) is 0 Å². The van der Waals surface area contributed by atoms with E-state index >= 15 is 0 Å². The third-order valence-electron chi connectivity index (χ3n) is 6.47. The van der Waals surface area contributed by atoms with E-state index in [9.17, 15) is 9.18 Å². The Kier molecular flexibility index (Phi) is 7.06. The minimum atomic E-state index is -1.81. The molecular formula is C24H31BrFNO2SSi. The van der Waals surface area contributed by atoms with Crippen LogP contribution in [-0.2, 0) is 30.3 Å². The van der Waals surface area contributed by atoms with Crippen molar-refractivity contribution in [1.29, 1.82) is 0 Å². The van der Waals surface area contributed by atoms with Crippen LogP contribution >= 0.6 is 27.3 Å². The number of thiophene rings is 1. The zero-order chi connectivity index (χ0) is 22.2. The fourth-order valence-electron chi connectivity index (χ4n) is 4.66. The molecule has 168 valence electrons. The van der Waals surface area contributed by atoms with E-state index in [4.69, 9.17) is 4.43 Å². The number of amides is 1. The molecule has 2 aliphatic rings. The van der Waals surface area contributed by atoms with E-state index in [-0.39, 0.29) is 11.7 Å². The molecule has 31 heavy (non-hydrogen) atoms. The minimum Gasteiger partial charge on any atom is -0.413 e. The average Bonchev–Trinajstić information content (AvgIpc) is 3.11. The molecule has 0 fully saturated rings. The zero-order valence-corrected chi connectivity index (χ0v) is 22.1. The van der Waals surface area contributed by atoms with Crippen LogP contribution in [0.1, 0.15) is 63.8 Å². The molecule has 0 saturated heterocycles. The highest BCUT2D eigenvalue weighted by molar-refractivity contribution is 9.10. The Hall–Kier alpha value is -1.02. The predicted octanol–water partition coefficient (Wildman–Crippen LogP) is 7.25. The summed E-state index contributed by atoms with van der Waals surface area (Å²) in [5.41, 5.74) is 4.19. The van der Waals surface area contributed by atoms with Gasteiger partial charge in [-0.05, 0) is 74.5 Å². The number of fused-ring (bicyclic) bond motifs is 3. The van der Waals surface area contributed by atoms with Gasteiger partial charge in [-0.3, -0.25) is 4.79 Å². The third-order valence-corrected chi connectivity index (χ3v) is 11.0. The van der Waals surface area contributed by atoms with Crippen molar-refractivity contribution in [3.05, 3.63) is 48.9 Å². The molecule has 0 spiro atoms. The lowest BCUT2D eigenvalue weighted by Crippen LogP contribution is -2.38. The monoisotopic (exact) mass is 523 g/mol. The van der Waals surface area contributed by atoms with Crippen LogP contribution < -0.4 is 4.90 Å². The van der Waals surface area contributed by atoms with Crippen LogP contribution in [0, 0.1) is 5.82 Å². The van der Waals surface area contributed by atoms with Crippen LogP contribution in [0.25, 0.3) is 0 Å². The summed E-state index contributed by atoms with van der Waals surface area (Å²) < 4.78 is 21.5. The van der Waals surface area contributed by atoms with Crippen molar-refractivity contribution in [2.24, 2.45) is 0 Å². The molecule has 1 aliphatic carbocycles. The van der Waals surface area contributed by atoms with Gasteiger partial charge in [0, 0.05) is 21.5 Å². The molecule has 3 nitrogen and oxygen atoms in total. The van der Waals surface area contributed by atoms with Gasteiger partial charge in [-0.2, -0.15) is 0 Å². The van der Waals surface area contributed by atoms with Crippen molar-refractivity contribution in [3.63, 3.8) is 0 Å². The Morgan fingerprint density at radius 3 is 2.74 bits per heavy atom. The Bertz CT molecular complexity index is 990. The van der Waals surface area contributed by atoms with Crippen molar-refractivity contribution < 1.29 is 13.6 Å². The van der Waals surface area contributed by atoms with Crippen LogP contribution in [0.5, 0.6) is 0 Å². The highest BCUT2D eigenvalue weighted by atomic mass is 79.9. The van der Waals surface area contributed by atoms with Gasteiger partial charge >= 0.3 is 0 Å². The molecule has 1 aromatic heterocycles. The van der Waals surface area contributed by atoms with Crippen LogP contribution in [0.2, 0.25) is 19.1 Å². The molecule has 4 rings (SSSR count). The molecule has 0 bridgehead atoms. The summed E-state index contributed by atoms with van der Waals surface area (Å²) in [6, 6.07) is 4.08. The van der Waals surface area contributed by atoms with Gasteiger partial charge in [-0.25, -0.2) is 4.39 Å². The second-order valence-corrected chi connectivity index (χ2v) is 15.5. The first-order valence-corrected chi connectivity index (χ1v) is 16.1. The maximum atomic E-state index is 14.4. The second-order valence-electron chi connectivity index (χ2n) is 9.26. The van der Waals surface area contributed by atoms with Gasteiger partial charge in [0.1, 0.15) is 5.82 Å². The quantitative estimate of drug-likeness (QED) is 0.357. The molecule has 2 heterocycles. The molecule has 1 amide bonds. The van der Waals surface area contributed by atoms with E-state index < -0.39 is 8.32 Å². The summed E-state index contributed by atoms with van der Waals surface area (Å²) in [7, 11) is -1.81. The molecule has 0 atom stereocenters. The van der Waals surface area contributed by atoms with E-state index in [0.29, 0.717) is 23.3 Å². The van der Waals surface area contributed by atoms with Gasteiger partial charge in [-0.15, -0.1) is 11.3 Å². The number of benzene rings is 1. The normalized spacial score (nSPS) is 16.4. The summed E-state index contributed by atoms with van der Waals surface area (Å²) in [6.07, 6.45) is 7.76. The van der Waals surface area contributed by atoms with Crippen molar-refractivity contribution in [1.82, 2.24) is 0 Å². The van der Waals surface area contributed by atoms with Crippen molar-refractivity contribution in [2.45, 2.75) is 77.6 Å². The fraction of sp³-hybridized carbons (Fsp3) is 0.542. The standard InChI is InChI=1S/C24H31BrFNO2SSi/c1-4-5-12-31(2,3)29-15-19-20(25)13-16(26)14-21(19)27-11-10-18-17-8-6-7-9-22(17)30-23(18)24(27)28/h13-14H,4-12,15H2,1-3H3. The SMILES string of the molecule is CCCC[Si](C)(C)OCc1c(Br)cc(F)cc1N1CCc2c(sc3c2CCCC3)C1=O. The number of carbonyl (C=O) groups excluding carboxylic acids is 1. The number of halogens is 2. The topological polar surface area (TPSA) is 29.5 Å². The van der Waals surface area contributed by atoms with Crippen LogP contribution in [0.15, 0.2) is 16.6 Å². The number of hydrogen-bond acceptors (Lipinski definition) is 3. The number of hydrogen-bond donors (Lipinski definition) is 0. The molecule has 1 aliphatic heterocycles. The molecule has 0 saturated carbocycles. The first-order valence-electron chi connectivity index (χ1n) is 11.4. The number of nitrogens with zero attached hydrogens (tertiary/aromatic N) is 1. The first kappa shape index (κ1) is 23.1. The van der Waals surface area contributed by atoms with Gasteiger partial charge < -0.3 is 9.33 Å². The Labute approximate surface area is 198 Å². The third kappa shape index (κ3) is 4.84. The van der Waals surface area contributed by atoms with Gasteiger partial charge in [-0.1, -0.05) is 35.7 Å². The zero-order valence-electron chi connectivity index (χ0n) is 18.7. The maximum absolute atomic E-state index is 14.4. The number of rotatable bonds is 7. The Balaban J connectivity index is 1.63. The Morgan fingerprint density at radius 2 is 1.97 bits per heavy atom. The van der Waals surface area contributed by atoms with E-state index in [0.717, 1.165) is 48.6 Å². The molecule has 0 N–H and O–H groups in total. The van der Waals surface area contributed by atoms with E-state index in [1.807, 2.05) is 0 Å². The molecule has 7 heteroatoms. The van der Waals surface area contributed by atoms with Crippen LogP contribution in [-0.4, -0.2) is 20.8 Å². The lowest BCUT2D eigenvalue weighted by molar-refractivity contribution is 0.0984. The van der Waals surface area contributed by atoms with Gasteiger partial charge in [0.15, 0.2) is 8.32 Å². The number of unbranched alkanes of at least 4 members (excludes halogenated alkanes) is 1. The lowest BCUT2D eigenvalue weighted by Gasteiger charge is -2.31. The summed E-state index contributed by atoms with van der Waals surface area (Å²) in [5.74, 6) is -0.320. The average molecular weight is 525 g/mol. The first-order chi connectivity index (χ1) is 14.8. The molecule has 2 aromatic rings. The van der Waals surface area contributed by atoms with E-state index in [2.05, 4.69) is 35.9 Å². The highest BCUT2D eigenvalue weighted by Crippen LogP contribution is 2.40. The summed E-state index contributed by atoms with van der Waals surface area (Å²) in [4.78, 5) is 17.5. The fourth-order valence-corrected chi connectivity index (χ4v) is 8.47. The Morgan fingerprint density at radius 1 is 1.19 bits per heavy atom. The highest BCUT2D eigenvalue weighted by Gasteiger charge is 2.34. The van der Waals surface area contributed by atoms with Crippen LogP contribution in [0.3, 0.4) is 0 Å². The lowest BCUT2D eigenvalue weighted by atomic mass is 9.92. The van der Waals surface area contributed by atoms with Crippen molar-refractivity contribution in [3.8, 4) is 0 Å². The maximum Gasteiger partial charge on any atom is 0.268 e. The molecule has 0 radical (unpaired) electrons. The second kappa shape index (κ2) is 9.46. The smallest absolute Gasteiger partial charge is 0.268 e. The number of aryl methyl sites for hydroxylation is 1.